The molecule has 2 unspecified atom stereocenters. The van der Waals surface area contributed by atoms with Crippen molar-refractivity contribution in [1.82, 2.24) is 10.0 Å². The molecule has 2 N–H and O–H groups in total. The number of carbonyl (C=O) groups excluding carboxylic acids is 1. The fourth-order valence-electron chi connectivity index (χ4n) is 4.31. The van der Waals surface area contributed by atoms with Gasteiger partial charge in [0.1, 0.15) is 0 Å². The lowest BCUT2D eigenvalue weighted by Gasteiger charge is -2.29. The highest BCUT2D eigenvalue weighted by Crippen LogP contribution is 2.31. The van der Waals surface area contributed by atoms with Gasteiger partial charge in [-0.1, -0.05) is 0 Å². The Kier molecular flexibility index (Phi) is 3.89. The Hall–Kier alpha value is -1.44. The number of amides is 1. The SMILES string of the molecule is CC(=O)N1CCc2cc(S(=O)(=O)NC3CC4CCC(C3)N4)ccc21. The molecule has 2 bridgehead atoms. The molecule has 0 aliphatic carbocycles. The molecule has 1 amide bonds. The van der Waals surface area contributed by atoms with Crippen molar-refractivity contribution in [3.8, 4) is 0 Å². The smallest absolute Gasteiger partial charge is 0.240 e. The molecular formula is C17H23N3O3S. The number of rotatable bonds is 3. The van der Waals surface area contributed by atoms with Gasteiger partial charge in [-0.05, 0) is 55.9 Å². The molecule has 2 saturated heterocycles. The molecule has 1 aromatic carbocycles. The average molecular weight is 349 g/mol. The Labute approximate surface area is 142 Å². The van der Waals surface area contributed by atoms with Crippen molar-refractivity contribution in [1.29, 1.82) is 0 Å². The molecule has 0 radical (unpaired) electrons. The molecule has 0 aromatic heterocycles. The van der Waals surface area contributed by atoms with Gasteiger partial charge in [0, 0.05) is 37.3 Å². The van der Waals surface area contributed by atoms with E-state index in [0.717, 1.165) is 36.9 Å². The second kappa shape index (κ2) is 5.82. The number of benzene rings is 1. The van der Waals surface area contributed by atoms with E-state index in [-0.39, 0.29) is 11.9 Å². The minimum atomic E-state index is -3.52. The summed E-state index contributed by atoms with van der Waals surface area (Å²) in [5.74, 6) is -0.00679. The molecule has 3 aliphatic heterocycles. The highest BCUT2D eigenvalue weighted by molar-refractivity contribution is 7.89. The van der Waals surface area contributed by atoms with E-state index in [1.54, 1.807) is 23.1 Å². The third-order valence-corrected chi connectivity index (χ3v) is 6.95. The zero-order valence-electron chi connectivity index (χ0n) is 13.8. The summed E-state index contributed by atoms with van der Waals surface area (Å²) >= 11 is 0. The van der Waals surface area contributed by atoms with Crippen LogP contribution in [0.25, 0.3) is 0 Å². The fraction of sp³-hybridized carbons (Fsp3) is 0.588. The number of fused-ring (bicyclic) bond motifs is 3. The first-order valence-corrected chi connectivity index (χ1v) is 10.1. The van der Waals surface area contributed by atoms with Crippen molar-refractivity contribution >= 4 is 21.6 Å². The van der Waals surface area contributed by atoms with Gasteiger partial charge in [-0.15, -0.1) is 0 Å². The predicted molar refractivity (Wildman–Crippen MR) is 91.5 cm³/mol. The summed E-state index contributed by atoms with van der Waals surface area (Å²) in [4.78, 5) is 13.6. The van der Waals surface area contributed by atoms with Gasteiger partial charge < -0.3 is 10.2 Å². The lowest BCUT2D eigenvalue weighted by Crippen LogP contribution is -2.47. The molecule has 4 rings (SSSR count). The van der Waals surface area contributed by atoms with Crippen molar-refractivity contribution < 1.29 is 13.2 Å². The van der Waals surface area contributed by atoms with Gasteiger partial charge in [0.15, 0.2) is 0 Å². The first-order valence-electron chi connectivity index (χ1n) is 8.62. The number of nitrogens with one attached hydrogen (secondary N) is 2. The van der Waals surface area contributed by atoms with E-state index in [4.69, 9.17) is 0 Å². The molecule has 130 valence electrons. The average Bonchev–Trinajstić information content (AvgIpc) is 3.09. The fourth-order valence-corrected chi connectivity index (χ4v) is 5.63. The summed E-state index contributed by atoms with van der Waals surface area (Å²) in [6.07, 6.45) is 4.71. The standard InChI is InChI=1S/C17H23N3O3S/c1-11(21)20-7-6-12-8-16(4-5-17(12)20)24(22,23)19-15-9-13-2-3-14(10-15)18-13/h4-5,8,13-15,18-19H,2-3,6-7,9-10H2,1H3. The van der Waals surface area contributed by atoms with Crippen molar-refractivity contribution in [2.75, 3.05) is 11.4 Å². The minimum Gasteiger partial charge on any atom is -0.312 e. The lowest BCUT2D eigenvalue weighted by atomic mass is 10.0. The van der Waals surface area contributed by atoms with Crippen LogP contribution in [0, 0.1) is 0 Å². The van der Waals surface area contributed by atoms with Crippen LogP contribution in [-0.4, -0.2) is 39.0 Å². The molecule has 0 spiro atoms. The zero-order chi connectivity index (χ0) is 16.9. The van der Waals surface area contributed by atoms with Crippen LogP contribution in [0.4, 0.5) is 5.69 Å². The van der Waals surface area contributed by atoms with Crippen molar-refractivity contribution in [2.24, 2.45) is 0 Å². The third-order valence-electron chi connectivity index (χ3n) is 5.43. The van der Waals surface area contributed by atoms with Crippen LogP contribution in [0.1, 0.15) is 38.2 Å². The number of nitrogens with zero attached hydrogens (tertiary/aromatic N) is 1. The summed E-state index contributed by atoms with van der Waals surface area (Å²) in [5, 5.41) is 3.52. The van der Waals surface area contributed by atoms with E-state index in [1.807, 2.05) is 0 Å². The van der Waals surface area contributed by atoms with E-state index >= 15 is 0 Å². The predicted octanol–water partition coefficient (Wildman–Crippen LogP) is 1.16. The molecule has 3 aliphatic rings. The molecule has 6 nitrogen and oxygen atoms in total. The van der Waals surface area contributed by atoms with Crippen molar-refractivity contribution in [3.63, 3.8) is 0 Å². The highest BCUT2D eigenvalue weighted by Gasteiger charge is 2.35. The monoisotopic (exact) mass is 349 g/mol. The topological polar surface area (TPSA) is 78.5 Å². The Balaban J connectivity index is 1.54. The van der Waals surface area contributed by atoms with Crippen molar-refractivity contribution in [3.05, 3.63) is 23.8 Å². The Morgan fingerprint density at radius 3 is 2.62 bits per heavy atom. The molecule has 0 saturated carbocycles. The third kappa shape index (κ3) is 2.85. The number of anilines is 1. The summed E-state index contributed by atoms with van der Waals surface area (Å²) in [7, 11) is -3.52. The van der Waals surface area contributed by atoms with Crippen LogP contribution in [0.15, 0.2) is 23.1 Å². The minimum absolute atomic E-state index is 0.00679. The molecule has 2 fully saturated rings. The number of piperidine rings is 1. The number of hydrogen-bond acceptors (Lipinski definition) is 4. The van der Waals surface area contributed by atoms with Gasteiger partial charge in [-0.2, -0.15) is 0 Å². The van der Waals surface area contributed by atoms with E-state index in [0.29, 0.717) is 29.9 Å². The largest absolute Gasteiger partial charge is 0.312 e. The Morgan fingerprint density at radius 2 is 1.96 bits per heavy atom. The van der Waals surface area contributed by atoms with E-state index in [1.165, 1.54) is 6.92 Å². The molecule has 1 aromatic rings. The van der Waals surface area contributed by atoms with E-state index < -0.39 is 10.0 Å². The van der Waals surface area contributed by atoms with Gasteiger partial charge in [0.25, 0.3) is 0 Å². The Bertz CT molecular complexity index is 765. The maximum Gasteiger partial charge on any atom is 0.240 e. The molecule has 2 atom stereocenters. The number of sulfonamides is 1. The zero-order valence-corrected chi connectivity index (χ0v) is 14.6. The first-order chi connectivity index (χ1) is 11.4. The van der Waals surface area contributed by atoms with Crippen LogP contribution in [0.3, 0.4) is 0 Å². The van der Waals surface area contributed by atoms with Gasteiger partial charge in [0.05, 0.1) is 4.90 Å². The molecule has 24 heavy (non-hydrogen) atoms. The summed E-state index contributed by atoms with van der Waals surface area (Å²) in [6, 6.07) is 5.98. The highest BCUT2D eigenvalue weighted by atomic mass is 32.2. The van der Waals surface area contributed by atoms with Gasteiger partial charge in [0.2, 0.25) is 15.9 Å². The van der Waals surface area contributed by atoms with Gasteiger partial charge in [-0.25, -0.2) is 13.1 Å². The van der Waals surface area contributed by atoms with Crippen LogP contribution >= 0.6 is 0 Å². The quantitative estimate of drug-likeness (QED) is 0.858. The summed E-state index contributed by atoms with van der Waals surface area (Å²) in [6.45, 7) is 2.16. The molecule has 3 heterocycles. The van der Waals surface area contributed by atoms with Crippen LogP contribution in [0.5, 0.6) is 0 Å². The molecule has 7 heteroatoms. The second-order valence-corrected chi connectivity index (χ2v) is 8.85. The number of carbonyl (C=O) groups is 1. The van der Waals surface area contributed by atoms with Crippen molar-refractivity contribution in [2.45, 2.75) is 62.0 Å². The van der Waals surface area contributed by atoms with Gasteiger partial charge >= 0.3 is 0 Å². The summed E-state index contributed by atoms with van der Waals surface area (Å²) in [5.41, 5.74) is 1.76. The second-order valence-electron chi connectivity index (χ2n) is 7.14. The first kappa shape index (κ1) is 16.1. The number of hydrogen-bond donors (Lipinski definition) is 2. The normalized spacial score (nSPS) is 28.9. The lowest BCUT2D eigenvalue weighted by molar-refractivity contribution is -0.116. The van der Waals surface area contributed by atoms with E-state index in [2.05, 4.69) is 10.0 Å². The summed E-state index contributed by atoms with van der Waals surface area (Å²) < 4.78 is 28.4. The Morgan fingerprint density at radius 1 is 1.25 bits per heavy atom. The van der Waals surface area contributed by atoms with Crippen LogP contribution in [0.2, 0.25) is 0 Å². The van der Waals surface area contributed by atoms with Gasteiger partial charge in [-0.3, -0.25) is 4.79 Å². The van der Waals surface area contributed by atoms with Crippen LogP contribution in [-0.2, 0) is 21.2 Å². The maximum atomic E-state index is 12.7. The van der Waals surface area contributed by atoms with E-state index in [9.17, 15) is 13.2 Å². The molecular weight excluding hydrogens is 326 g/mol. The van der Waals surface area contributed by atoms with Crippen LogP contribution < -0.4 is 14.9 Å². The maximum absolute atomic E-state index is 12.7.